The first-order chi connectivity index (χ1) is 17.7. The van der Waals surface area contributed by atoms with Crippen LogP contribution in [-0.4, -0.2) is 62.3 Å². The van der Waals surface area contributed by atoms with Gasteiger partial charge in [-0.15, -0.1) is 0 Å². The van der Waals surface area contributed by atoms with E-state index in [1.807, 2.05) is 17.0 Å². The van der Waals surface area contributed by atoms with Gasteiger partial charge in [-0.05, 0) is 61.8 Å². The predicted molar refractivity (Wildman–Crippen MR) is 140 cm³/mol. The number of sulfonamides is 1. The molecule has 1 spiro atoms. The molecule has 0 bridgehead atoms. The zero-order valence-electron chi connectivity index (χ0n) is 20.5. The molecular formula is C26H31ClN4O5S. The van der Waals surface area contributed by atoms with Crippen LogP contribution in [-0.2, 0) is 14.8 Å². The van der Waals surface area contributed by atoms with Crippen LogP contribution in [0.2, 0.25) is 5.02 Å². The summed E-state index contributed by atoms with van der Waals surface area (Å²) in [6, 6.07) is 10.1. The second-order valence-corrected chi connectivity index (χ2v) is 12.9. The Morgan fingerprint density at radius 1 is 1.05 bits per heavy atom. The van der Waals surface area contributed by atoms with Crippen LogP contribution in [0.5, 0.6) is 5.75 Å². The summed E-state index contributed by atoms with van der Waals surface area (Å²) in [6.45, 7) is 2.81. The minimum absolute atomic E-state index is 0.249. The van der Waals surface area contributed by atoms with E-state index in [1.54, 1.807) is 18.2 Å². The summed E-state index contributed by atoms with van der Waals surface area (Å²) in [5.74, 6) is 0.233. The van der Waals surface area contributed by atoms with Gasteiger partial charge in [0.1, 0.15) is 11.6 Å². The minimum atomic E-state index is -4.22. The molecule has 2 aromatic rings. The van der Waals surface area contributed by atoms with Gasteiger partial charge in [0.2, 0.25) is 0 Å². The number of carbonyl (C=O) groups is 1. The summed E-state index contributed by atoms with van der Waals surface area (Å²) >= 11 is 6.28. The molecule has 2 saturated carbocycles. The first-order valence-corrected chi connectivity index (χ1v) is 14.7. The largest absolute Gasteiger partial charge is 0.475 e. The van der Waals surface area contributed by atoms with E-state index in [9.17, 15) is 18.3 Å². The molecule has 6 rings (SSSR count). The van der Waals surface area contributed by atoms with Crippen molar-refractivity contribution >= 4 is 39.0 Å². The number of hydrogen-bond donors (Lipinski definition) is 2. The second-order valence-electron chi connectivity index (χ2n) is 10.9. The number of pyridine rings is 1. The molecule has 4 fully saturated rings. The Morgan fingerprint density at radius 2 is 1.81 bits per heavy atom. The highest BCUT2D eigenvalue weighted by molar-refractivity contribution is 7.90. The first kappa shape index (κ1) is 24.8. The van der Waals surface area contributed by atoms with Gasteiger partial charge in [-0.1, -0.05) is 17.7 Å². The lowest BCUT2D eigenvalue weighted by molar-refractivity contribution is -0.127. The van der Waals surface area contributed by atoms with Crippen molar-refractivity contribution in [3.05, 3.63) is 41.4 Å². The van der Waals surface area contributed by atoms with Crippen molar-refractivity contribution in [2.45, 2.75) is 61.7 Å². The third-order valence-electron chi connectivity index (χ3n) is 8.17. The summed E-state index contributed by atoms with van der Waals surface area (Å²) in [5.41, 5.74) is 0.135. The van der Waals surface area contributed by atoms with Crippen molar-refractivity contribution in [3.8, 4) is 5.75 Å². The number of aliphatic hydroxyl groups is 1. The number of β-amino-alcohol motifs (C(OH)–C–C–N with tert-alkyl or cyclic N) is 1. The number of carbonyl (C=O) groups excluding carboxylic acids is 1. The van der Waals surface area contributed by atoms with E-state index < -0.39 is 27.6 Å². The fraction of sp³-hybridized carbons (Fsp3) is 0.538. The summed E-state index contributed by atoms with van der Waals surface area (Å²) in [4.78, 5) is 21.6. The number of nitrogens with one attached hydrogen (secondary N) is 1. The maximum atomic E-state index is 13.2. The third-order valence-corrected chi connectivity index (χ3v) is 9.63. The summed E-state index contributed by atoms with van der Waals surface area (Å²) in [6.07, 6.45) is 5.83. The average Bonchev–Trinajstić information content (AvgIpc) is 3.78. The van der Waals surface area contributed by atoms with Gasteiger partial charge in [-0.3, -0.25) is 4.79 Å². The Kier molecular flexibility index (Phi) is 6.04. The Bertz CT molecular complexity index is 1320. The van der Waals surface area contributed by atoms with E-state index in [1.165, 1.54) is 18.9 Å². The molecule has 1 amide bonds. The van der Waals surface area contributed by atoms with Gasteiger partial charge in [-0.2, -0.15) is 8.42 Å². The van der Waals surface area contributed by atoms with Gasteiger partial charge in [0.25, 0.3) is 15.9 Å². The molecule has 1 aromatic carbocycles. The molecule has 9 nitrogen and oxygen atoms in total. The monoisotopic (exact) mass is 546 g/mol. The van der Waals surface area contributed by atoms with Crippen LogP contribution in [0, 0.1) is 5.41 Å². The van der Waals surface area contributed by atoms with Crippen LogP contribution in [0.15, 0.2) is 41.4 Å². The second kappa shape index (κ2) is 9.03. The number of aromatic nitrogens is 1. The number of ether oxygens (including phenoxy) is 1. The zero-order valence-corrected chi connectivity index (χ0v) is 22.1. The highest BCUT2D eigenvalue weighted by atomic mass is 35.5. The highest BCUT2D eigenvalue weighted by Gasteiger charge is 2.55. The minimum Gasteiger partial charge on any atom is -0.475 e. The number of anilines is 2. The molecule has 2 aliphatic carbocycles. The molecule has 2 N–H and O–H groups in total. The molecule has 11 heteroatoms. The summed E-state index contributed by atoms with van der Waals surface area (Å²) in [5, 5.41) is 10.0. The molecule has 4 aliphatic rings. The topological polar surface area (TPSA) is 112 Å². The maximum Gasteiger partial charge on any atom is 0.281 e. The Hall–Kier alpha value is -2.56. The van der Waals surface area contributed by atoms with Crippen molar-refractivity contribution in [1.82, 2.24) is 9.71 Å². The molecule has 1 atom stereocenters. The maximum absolute atomic E-state index is 13.2. The number of piperidine rings is 1. The van der Waals surface area contributed by atoms with E-state index >= 15 is 0 Å². The van der Waals surface area contributed by atoms with Gasteiger partial charge in [-0.25, -0.2) is 9.71 Å². The third kappa shape index (κ3) is 4.98. The SMILES string of the molecule is O=C(NS(=O)(=O)c1cccc(N2CC[C@@H](O)C2)n1)C1(Oc2cc(Cl)ccc2N2CCC3(CC2)CC3)CC1. The van der Waals surface area contributed by atoms with Crippen LogP contribution < -0.4 is 19.3 Å². The fourth-order valence-electron chi connectivity index (χ4n) is 5.38. The van der Waals surface area contributed by atoms with Gasteiger partial charge in [0, 0.05) is 50.1 Å². The molecule has 0 radical (unpaired) electrons. The summed E-state index contributed by atoms with van der Waals surface area (Å²) in [7, 11) is -4.22. The number of aliphatic hydroxyl groups excluding tert-OH is 1. The molecule has 2 aliphatic heterocycles. The number of halogens is 1. The predicted octanol–water partition coefficient (Wildman–Crippen LogP) is 3.10. The van der Waals surface area contributed by atoms with Crippen molar-refractivity contribution in [3.63, 3.8) is 0 Å². The van der Waals surface area contributed by atoms with Crippen molar-refractivity contribution in [2.75, 3.05) is 36.0 Å². The first-order valence-electron chi connectivity index (χ1n) is 12.9. The summed E-state index contributed by atoms with van der Waals surface area (Å²) < 4.78 is 34.6. The van der Waals surface area contributed by atoms with E-state index in [4.69, 9.17) is 16.3 Å². The van der Waals surface area contributed by atoms with Gasteiger partial charge < -0.3 is 19.6 Å². The lowest BCUT2D eigenvalue weighted by Gasteiger charge is -2.35. The van der Waals surface area contributed by atoms with E-state index in [0.29, 0.717) is 54.4 Å². The quantitative estimate of drug-likeness (QED) is 0.545. The van der Waals surface area contributed by atoms with Crippen LogP contribution in [0.4, 0.5) is 11.5 Å². The standard InChI is InChI=1S/C26H31ClN4O5S/c27-18-4-5-20(30-14-11-25(7-8-25)12-15-30)21(16-18)36-26(9-10-26)24(33)29-37(34,35)23-3-1-2-22(28-23)31-13-6-19(32)17-31/h1-5,16,19,32H,6-15,17H2,(H,29,33)/t19-/m1/s1. The van der Waals surface area contributed by atoms with Crippen LogP contribution >= 0.6 is 11.6 Å². The normalized spacial score (nSPS) is 23.7. The molecule has 0 unspecified atom stereocenters. The van der Waals surface area contributed by atoms with E-state index in [-0.39, 0.29) is 5.03 Å². The van der Waals surface area contributed by atoms with E-state index in [2.05, 4.69) is 14.6 Å². The average molecular weight is 547 g/mol. The van der Waals surface area contributed by atoms with Crippen LogP contribution in [0.3, 0.4) is 0 Å². The van der Waals surface area contributed by atoms with Crippen molar-refractivity contribution < 1.29 is 23.1 Å². The lowest BCUT2D eigenvalue weighted by Crippen LogP contribution is -2.44. The Labute approximate surface area is 221 Å². The number of nitrogens with zero attached hydrogens (tertiary/aromatic N) is 3. The molecule has 2 saturated heterocycles. The van der Waals surface area contributed by atoms with Crippen molar-refractivity contribution in [2.24, 2.45) is 5.41 Å². The van der Waals surface area contributed by atoms with Crippen LogP contribution in [0.25, 0.3) is 0 Å². The molecule has 3 heterocycles. The van der Waals surface area contributed by atoms with Crippen LogP contribution in [0.1, 0.15) is 44.9 Å². The lowest BCUT2D eigenvalue weighted by atomic mass is 9.93. The molecular weight excluding hydrogens is 516 g/mol. The smallest absolute Gasteiger partial charge is 0.281 e. The Balaban J connectivity index is 1.18. The number of rotatable bonds is 7. The number of amides is 1. The van der Waals surface area contributed by atoms with Crippen molar-refractivity contribution in [1.29, 1.82) is 0 Å². The highest BCUT2D eigenvalue weighted by Crippen LogP contribution is 2.54. The molecule has 198 valence electrons. The van der Waals surface area contributed by atoms with Gasteiger partial charge in [0.15, 0.2) is 10.6 Å². The Morgan fingerprint density at radius 3 is 2.46 bits per heavy atom. The molecule has 1 aromatic heterocycles. The molecule has 37 heavy (non-hydrogen) atoms. The van der Waals surface area contributed by atoms with Gasteiger partial charge in [0.05, 0.1) is 11.8 Å². The fourth-order valence-corrected chi connectivity index (χ4v) is 6.54. The number of benzene rings is 1. The van der Waals surface area contributed by atoms with Gasteiger partial charge >= 0.3 is 0 Å². The number of hydrogen-bond acceptors (Lipinski definition) is 8. The van der Waals surface area contributed by atoms with E-state index in [0.717, 1.165) is 31.6 Å². The zero-order chi connectivity index (χ0) is 25.8.